The lowest BCUT2D eigenvalue weighted by atomic mass is 10.1. The van der Waals surface area contributed by atoms with E-state index < -0.39 is 36.4 Å². The zero-order valence-electron chi connectivity index (χ0n) is 6.38. The van der Waals surface area contributed by atoms with E-state index in [0.29, 0.717) is 0 Å². The van der Waals surface area contributed by atoms with E-state index in [0.717, 1.165) is 0 Å². The van der Waals surface area contributed by atoms with Crippen molar-refractivity contribution in [2.24, 2.45) is 0 Å². The summed E-state index contributed by atoms with van der Waals surface area (Å²) in [6.45, 7) is -1.08. The summed E-state index contributed by atoms with van der Waals surface area (Å²) in [6.07, 6.45) is -4.54. The zero-order chi connectivity index (χ0) is 10.6. The largest absolute Gasteiger partial charge is 0.475 e. The number of aliphatic hydroxyl groups excluding tert-OH is 3. The molecule has 0 rings (SSSR count). The van der Waals surface area contributed by atoms with Crippen LogP contribution in [-0.2, 0) is 14.4 Å². The van der Waals surface area contributed by atoms with Crippen molar-refractivity contribution < 1.29 is 34.8 Å². The van der Waals surface area contributed by atoms with Crippen LogP contribution in [0.4, 0.5) is 0 Å². The van der Waals surface area contributed by atoms with E-state index in [4.69, 9.17) is 20.4 Å². The van der Waals surface area contributed by atoms with Crippen molar-refractivity contribution in [3.63, 3.8) is 0 Å². The average molecular weight is 192 g/mol. The number of carboxylic acids is 1. The molecule has 7 nitrogen and oxygen atoms in total. The van der Waals surface area contributed by atoms with Gasteiger partial charge in [0.1, 0.15) is 12.7 Å². The monoisotopic (exact) mass is 192 g/mol. The van der Waals surface area contributed by atoms with Gasteiger partial charge in [-0.05, 0) is 0 Å². The molecule has 0 saturated heterocycles. The van der Waals surface area contributed by atoms with Crippen LogP contribution in [-0.4, -0.2) is 56.8 Å². The Labute approximate surface area is 72.2 Å². The van der Waals surface area contributed by atoms with Crippen molar-refractivity contribution in [1.29, 1.82) is 0 Å². The van der Waals surface area contributed by atoms with Gasteiger partial charge in [0.25, 0.3) is 5.78 Å². The molecule has 0 aliphatic carbocycles. The number of carbonyl (C=O) groups excluding carboxylic acids is 2. The van der Waals surface area contributed by atoms with Gasteiger partial charge in [-0.15, -0.1) is 0 Å². The second kappa shape index (κ2) is 4.65. The molecule has 0 fully saturated rings. The number of rotatable bonds is 5. The lowest BCUT2D eigenvalue weighted by molar-refractivity contribution is -0.158. The van der Waals surface area contributed by atoms with Gasteiger partial charge in [0, 0.05) is 0 Å². The number of hydrogen-bond donors (Lipinski definition) is 4. The molecule has 0 aliphatic rings. The number of ketones is 2. The Kier molecular flexibility index (Phi) is 4.18. The van der Waals surface area contributed by atoms with Crippen molar-refractivity contribution in [1.82, 2.24) is 0 Å². The molecule has 2 atom stereocenters. The lowest BCUT2D eigenvalue weighted by Crippen LogP contribution is -2.43. The molecular weight excluding hydrogens is 184 g/mol. The minimum atomic E-state index is -2.34. The van der Waals surface area contributed by atoms with E-state index in [-0.39, 0.29) is 0 Å². The maximum absolute atomic E-state index is 10.5. The molecule has 74 valence electrons. The Morgan fingerprint density at radius 1 is 1.08 bits per heavy atom. The van der Waals surface area contributed by atoms with Crippen LogP contribution in [0.25, 0.3) is 0 Å². The fourth-order valence-electron chi connectivity index (χ4n) is 0.540. The fraction of sp³-hybridized carbons (Fsp3) is 0.500. The van der Waals surface area contributed by atoms with Crippen LogP contribution in [0.3, 0.4) is 0 Å². The minimum Gasteiger partial charge on any atom is -0.475 e. The standard InChI is InChI=1S/C6H8O7/c7-1-2(8)3(9)4(10)5(11)6(12)13/h3-4,7,9-10H,1H2,(H,12,13)/t3-,4+/m0/s1. The van der Waals surface area contributed by atoms with Gasteiger partial charge in [-0.1, -0.05) is 0 Å². The topological polar surface area (TPSA) is 132 Å². The molecule has 0 heterocycles. The van der Waals surface area contributed by atoms with Crippen LogP contribution in [0, 0.1) is 0 Å². The molecule has 0 radical (unpaired) electrons. The van der Waals surface area contributed by atoms with Gasteiger partial charge < -0.3 is 20.4 Å². The maximum Gasteiger partial charge on any atom is 0.375 e. The molecule has 0 spiro atoms. The zero-order valence-corrected chi connectivity index (χ0v) is 6.38. The third-order valence-electron chi connectivity index (χ3n) is 1.26. The van der Waals surface area contributed by atoms with Gasteiger partial charge in [-0.25, -0.2) is 4.79 Å². The number of carbonyl (C=O) groups is 3. The number of aliphatic carboxylic acids is 1. The summed E-state index contributed by atoms with van der Waals surface area (Å²) in [5.41, 5.74) is 0. The molecule has 0 aromatic carbocycles. The first-order valence-electron chi connectivity index (χ1n) is 3.18. The van der Waals surface area contributed by atoms with Crippen molar-refractivity contribution in [2.75, 3.05) is 6.61 Å². The summed E-state index contributed by atoms with van der Waals surface area (Å²) in [5, 5.41) is 33.8. The van der Waals surface area contributed by atoms with Crippen molar-refractivity contribution in [3.05, 3.63) is 0 Å². The van der Waals surface area contributed by atoms with E-state index in [1.165, 1.54) is 0 Å². The summed E-state index contributed by atoms with van der Waals surface area (Å²) in [7, 11) is 0. The first kappa shape index (κ1) is 11.7. The second-order valence-corrected chi connectivity index (χ2v) is 2.18. The average Bonchev–Trinajstić information content (AvgIpc) is 2.12. The highest BCUT2D eigenvalue weighted by Gasteiger charge is 2.33. The van der Waals surface area contributed by atoms with E-state index in [1.807, 2.05) is 0 Å². The summed E-state index contributed by atoms with van der Waals surface area (Å²) in [4.78, 5) is 30.9. The molecule has 0 aromatic heterocycles. The Hall–Kier alpha value is -1.31. The highest BCUT2D eigenvalue weighted by Crippen LogP contribution is 1.97. The molecule has 0 saturated carbocycles. The Balaban J connectivity index is 4.42. The molecule has 0 bridgehead atoms. The van der Waals surface area contributed by atoms with Crippen molar-refractivity contribution in [2.45, 2.75) is 12.2 Å². The van der Waals surface area contributed by atoms with Crippen LogP contribution in [0.15, 0.2) is 0 Å². The molecule has 0 unspecified atom stereocenters. The lowest BCUT2D eigenvalue weighted by Gasteiger charge is -2.11. The van der Waals surface area contributed by atoms with Gasteiger partial charge in [0.15, 0.2) is 11.9 Å². The van der Waals surface area contributed by atoms with E-state index >= 15 is 0 Å². The highest BCUT2D eigenvalue weighted by atomic mass is 16.4. The second-order valence-electron chi connectivity index (χ2n) is 2.18. The van der Waals surface area contributed by atoms with Crippen LogP contribution in [0.5, 0.6) is 0 Å². The molecule has 7 heteroatoms. The SMILES string of the molecule is O=C(O)C(=O)[C@H](O)[C@@H](O)C(=O)CO. The molecular formula is C6H8O7. The molecule has 0 aliphatic heterocycles. The predicted molar refractivity (Wildman–Crippen MR) is 36.7 cm³/mol. The normalized spacial score (nSPS) is 14.7. The Bertz CT molecular complexity index is 233. The fourth-order valence-corrected chi connectivity index (χ4v) is 0.540. The van der Waals surface area contributed by atoms with Crippen molar-refractivity contribution in [3.8, 4) is 0 Å². The van der Waals surface area contributed by atoms with Crippen LogP contribution < -0.4 is 0 Å². The third kappa shape index (κ3) is 2.90. The Morgan fingerprint density at radius 2 is 1.54 bits per heavy atom. The first-order valence-corrected chi connectivity index (χ1v) is 3.18. The first-order chi connectivity index (χ1) is 5.91. The molecule has 0 aromatic rings. The van der Waals surface area contributed by atoms with Crippen LogP contribution in [0.1, 0.15) is 0 Å². The number of hydrogen-bond acceptors (Lipinski definition) is 6. The summed E-state index contributed by atoms with van der Waals surface area (Å²) in [5.74, 6) is -4.88. The highest BCUT2D eigenvalue weighted by molar-refractivity contribution is 6.35. The number of Topliss-reactive ketones (excluding diaryl/α,β-unsaturated/α-hetero) is 2. The minimum absolute atomic E-state index is 1.08. The summed E-state index contributed by atoms with van der Waals surface area (Å²) < 4.78 is 0. The van der Waals surface area contributed by atoms with Crippen LogP contribution in [0.2, 0.25) is 0 Å². The van der Waals surface area contributed by atoms with Gasteiger partial charge in [-0.2, -0.15) is 0 Å². The van der Waals surface area contributed by atoms with Crippen molar-refractivity contribution >= 4 is 17.5 Å². The van der Waals surface area contributed by atoms with E-state index in [1.54, 1.807) is 0 Å². The maximum atomic E-state index is 10.5. The quantitative estimate of drug-likeness (QED) is 0.339. The summed E-state index contributed by atoms with van der Waals surface area (Å²) in [6, 6.07) is 0. The molecule has 0 amide bonds. The van der Waals surface area contributed by atoms with Gasteiger partial charge in [-0.3, -0.25) is 9.59 Å². The molecule has 4 N–H and O–H groups in total. The van der Waals surface area contributed by atoms with E-state index in [9.17, 15) is 14.4 Å². The number of aliphatic hydroxyl groups is 3. The van der Waals surface area contributed by atoms with Crippen LogP contribution >= 0.6 is 0 Å². The Morgan fingerprint density at radius 3 is 1.85 bits per heavy atom. The predicted octanol–water partition coefficient (Wildman–Crippen LogP) is -3.08. The molecule has 13 heavy (non-hydrogen) atoms. The van der Waals surface area contributed by atoms with Gasteiger partial charge >= 0.3 is 5.97 Å². The van der Waals surface area contributed by atoms with Gasteiger partial charge in [0.05, 0.1) is 0 Å². The third-order valence-corrected chi connectivity index (χ3v) is 1.26. The van der Waals surface area contributed by atoms with E-state index in [2.05, 4.69) is 0 Å². The van der Waals surface area contributed by atoms with Gasteiger partial charge in [0.2, 0.25) is 0 Å². The smallest absolute Gasteiger partial charge is 0.375 e. The summed E-state index contributed by atoms with van der Waals surface area (Å²) >= 11 is 0. The number of carboxylic acid groups (broad SMARTS) is 1.